The Bertz CT molecular complexity index is 2580. The van der Waals surface area contributed by atoms with Gasteiger partial charge in [0.15, 0.2) is 6.29 Å². The zero-order chi connectivity index (χ0) is 54.0. The molecule has 9 atom stereocenters. The summed E-state index contributed by atoms with van der Waals surface area (Å²) >= 11 is 0. The minimum Gasteiger partial charge on any atom is -0.489 e. The van der Waals surface area contributed by atoms with Gasteiger partial charge in [-0.15, -0.1) is 0 Å². The third-order valence-corrected chi connectivity index (χ3v) is 12.5. The summed E-state index contributed by atoms with van der Waals surface area (Å²) in [6.07, 6.45) is -5.84. The lowest BCUT2D eigenvalue weighted by atomic mass is 9.96. The van der Waals surface area contributed by atoms with Crippen molar-refractivity contribution in [3.8, 4) is 5.75 Å². The molecule has 4 aromatic carbocycles. The van der Waals surface area contributed by atoms with Crippen LogP contribution < -0.4 is 53.0 Å². The molecule has 0 bridgehead atoms. The molecule has 6 rings (SSSR count). The molecular formula is C53H67N9O13. The van der Waals surface area contributed by atoms with Crippen molar-refractivity contribution >= 4 is 58.4 Å². The number of hydrogen-bond acceptors (Lipinski definition) is 15. The lowest BCUT2D eigenvalue weighted by molar-refractivity contribution is -0.283. The molecule has 2 aliphatic rings. The number of hydrogen-bond donors (Lipinski definition) is 10. The quantitative estimate of drug-likeness (QED) is 0.0380. The van der Waals surface area contributed by atoms with Crippen LogP contribution in [0.1, 0.15) is 74.4 Å². The first kappa shape index (κ1) is 56.7. The Balaban J connectivity index is 0.908. The minimum absolute atomic E-state index is 0.0459. The van der Waals surface area contributed by atoms with E-state index >= 15 is 0 Å². The number of aliphatic hydroxyl groups is 2. The summed E-state index contributed by atoms with van der Waals surface area (Å²) < 4.78 is 23.6. The number of amides is 7. The van der Waals surface area contributed by atoms with Crippen molar-refractivity contribution in [3.63, 3.8) is 0 Å². The normalized spacial score (nSPS) is 19.7. The lowest BCUT2D eigenvalue weighted by Crippen LogP contribution is -2.66. The number of benzene rings is 4. The maximum Gasteiger partial charge on any atom is 0.261 e. The summed E-state index contributed by atoms with van der Waals surface area (Å²) in [5.41, 5.74) is 15.7. The van der Waals surface area contributed by atoms with E-state index in [0.717, 1.165) is 22.5 Å². The molecule has 7 amide bonds. The molecular weight excluding hydrogens is 971 g/mol. The molecule has 0 radical (unpaired) electrons. The Morgan fingerprint density at radius 3 is 2.11 bits per heavy atom. The number of aliphatic hydroxyl groups excluding tert-OH is 2. The van der Waals surface area contributed by atoms with Crippen LogP contribution in [0, 0.1) is 0 Å². The standard InChI is InChI=1S/C53H67N9O13/c1-31(58-51(70)32(2)74-47-45(59-33(3)64)53(75-43(27-63)46(47)66)73-29-35-14-8-5-9-15-35)50(69)61-41(49(55)68)23-24-44(65)60-40(48(54)67)16-10-11-25-56-36-17-22-39-42(26-36)57-30-62(52(39)71)37-18-20-38(21-19-37)72-28-34-12-6-4-7-13-34/h4-9,12-15,17-22,26,31-32,40-41,43,45-47,53,56-57,63,66H,10-11,16,23-25,27-30H2,1-3H3,(H2,54,67)(H2,55,68)(H,58,70)(H,59,64)(H,60,65)(H,61,69)/t31-,32+,40-,41+,43+,45+,46+,47+,53-/m0/s1. The number of carbonyl (C=O) groups excluding carboxylic acids is 7. The van der Waals surface area contributed by atoms with Gasteiger partial charge in [0.05, 0.1) is 31.1 Å². The van der Waals surface area contributed by atoms with Crippen LogP contribution in [0.3, 0.4) is 0 Å². The first-order valence-electron chi connectivity index (χ1n) is 24.7. The van der Waals surface area contributed by atoms with Crippen LogP contribution in [-0.2, 0) is 56.2 Å². The molecule has 22 nitrogen and oxygen atoms in total. The number of anilines is 3. The Morgan fingerprint density at radius 2 is 1.47 bits per heavy atom. The van der Waals surface area contributed by atoms with Crippen molar-refractivity contribution in [2.75, 3.05) is 35.4 Å². The van der Waals surface area contributed by atoms with Gasteiger partial charge in [-0.1, -0.05) is 60.7 Å². The maximum absolute atomic E-state index is 13.5. The number of unbranched alkanes of at least 4 members (excludes halogenated alkanes) is 1. The summed E-state index contributed by atoms with van der Waals surface area (Å²) in [4.78, 5) is 91.6. The summed E-state index contributed by atoms with van der Waals surface area (Å²) in [6.45, 7) is 4.54. The molecule has 0 spiro atoms. The molecule has 1 fully saturated rings. The zero-order valence-electron chi connectivity index (χ0n) is 42.1. The number of ether oxygens (including phenoxy) is 4. The van der Waals surface area contributed by atoms with E-state index in [4.69, 9.17) is 30.4 Å². The van der Waals surface area contributed by atoms with Crippen LogP contribution in [0.25, 0.3) is 0 Å². The molecule has 75 heavy (non-hydrogen) atoms. The second kappa shape index (κ2) is 27.6. The van der Waals surface area contributed by atoms with Gasteiger partial charge in [-0.05, 0) is 93.1 Å². The van der Waals surface area contributed by atoms with Crippen LogP contribution >= 0.6 is 0 Å². The van der Waals surface area contributed by atoms with E-state index in [-0.39, 0.29) is 38.4 Å². The van der Waals surface area contributed by atoms with Crippen LogP contribution in [0.15, 0.2) is 103 Å². The molecule has 12 N–H and O–H groups in total. The molecule has 22 heteroatoms. The molecule has 2 heterocycles. The van der Waals surface area contributed by atoms with Crippen molar-refractivity contribution in [1.82, 2.24) is 21.3 Å². The highest BCUT2D eigenvalue weighted by atomic mass is 16.7. The average Bonchev–Trinajstić information content (AvgIpc) is 3.40. The summed E-state index contributed by atoms with van der Waals surface area (Å²) in [6, 6.07) is 26.9. The topological polar surface area (TPSA) is 324 Å². The Hall–Kier alpha value is -7.63. The molecule has 0 saturated carbocycles. The molecule has 0 aliphatic carbocycles. The number of primary amides is 2. The predicted molar refractivity (Wildman–Crippen MR) is 275 cm³/mol. The molecule has 0 aromatic heterocycles. The van der Waals surface area contributed by atoms with E-state index in [1.807, 2.05) is 72.8 Å². The average molecular weight is 1040 g/mol. The molecule has 4 aromatic rings. The minimum atomic E-state index is -1.52. The predicted octanol–water partition coefficient (Wildman–Crippen LogP) is 1.68. The Labute approximate surface area is 434 Å². The highest BCUT2D eigenvalue weighted by Gasteiger charge is 2.48. The van der Waals surface area contributed by atoms with Crippen LogP contribution in [-0.4, -0.2) is 126 Å². The molecule has 402 valence electrons. The van der Waals surface area contributed by atoms with Gasteiger partial charge in [0.2, 0.25) is 35.4 Å². The smallest absolute Gasteiger partial charge is 0.261 e. The number of rotatable bonds is 27. The van der Waals surface area contributed by atoms with Crippen molar-refractivity contribution in [1.29, 1.82) is 0 Å². The monoisotopic (exact) mass is 1040 g/mol. The van der Waals surface area contributed by atoms with Gasteiger partial charge in [-0.3, -0.25) is 38.5 Å². The van der Waals surface area contributed by atoms with E-state index in [9.17, 15) is 43.8 Å². The van der Waals surface area contributed by atoms with Crippen molar-refractivity contribution in [2.24, 2.45) is 11.5 Å². The fourth-order valence-corrected chi connectivity index (χ4v) is 8.36. The van der Waals surface area contributed by atoms with Gasteiger partial charge >= 0.3 is 0 Å². The fraction of sp³-hybridized carbons (Fsp3) is 0.415. The zero-order valence-corrected chi connectivity index (χ0v) is 42.1. The maximum atomic E-state index is 13.5. The van der Waals surface area contributed by atoms with Crippen molar-refractivity contribution < 1.29 is 62.7 Å². The van der Waals surface area contributed by atoms with Crippen LogP contribution in [0.5, 0.6) is 5.75 Å². The SMILES string of the molecule is CC(=O)N[C@H]1[C@@H](OCc2ccccc2)O[C@H](CO)[C@@H](O)[C@@H]1O[C@H](C)C(=O)N[C@@H](C)C(=O)N[C@H](CCC(=O)N[C@@H](CCCCNc1ccc2c(c1)NCN(c1ccc(OCc3ccccc3)cc1)C2=O)C(N)=O)C(N)=O. The number of nitrogens with zero attached hydrogens (tertiary/aromatic N) is 1. The van der Waals surface area contributed by atoms with E-state index in [1.54, 1.807) is 35.2 Å². The Morgan fingerprint density at radius 1 is 0.813 bits per heavy atom. The van der Waals surface area contributed by atoms with Gasteiger partial charge < -0.3 is 72.5 Å². The second-order valence-corrected chi connectivity index (χ2v) is 18.3. The van der Waals surface area contributed by atoms with E-state index < -0.39 is 96.9 Å². The number of carbonyl (C=O) groups is 7. The van der Waals surface area contributed by atoms with Gasteiger partial charge in [-0.25, -0.2) is 0 Å². The van der Waals surface area contributed by atoms with Gasteiger partial charge in [-0.2, -0.15) is 0 Å². The van der Waals surface area contributed by atoms with Crippen molar-refractivity contribution in [2.45, 2.75) is 121 Å². The Kier molecular flexibility index (Phi) is 20.9. The molecule has 1 saturated heterocycles. The first-order valence-corrected chi connectivity index (χ1v) is 24.7. The first-order chi connectivity index (χ1) is 36.0. The number of nitrogens with two attached hydrogens (primary N) is 2. The highest BCUT2D eigenvalue weighted by Crippen LogP contribution is 2.31. The molecule has 0 unspecified atom stereocenters. The highest BCUT2D eigenvalue weighted by molar-refractivity contribution is 6.11. The van der Waals surface area contributed by atoms with E-state index in [0.29, 0.717) is 43.0 Å². The third kappa shape index (κ3) is 16.4. The summed E-state index contributed by atoms with van der Waals surface area (Å²) in [7, 11) is 0. The fourth-order valence-electron chi connectivity index (χ4n) is 8.36. The van der Waals surface area contributed by atoms with Gasteiger partial charge in [0.1, 0.15) is 60.9 Å². The molecule has 2 aliphatic heterocycles. The largest absolute Gasteiger partial charge is 0.489 e. The third-order valence-electron chi connectivity index (χ3n) is 12.5. The summed E-state index contributed by atoms with van der Waals surface area (Å²) in [5.74, 6) is -3.94. The van der Waals surface area contributed by atoms with Crippen LogP contribution in [0.2, 0.25) is 0 Å². The lowest BCUT2D eigenvalue weighted by Gasteiger charge is -2.44. The summed E-state index contributed by atoms with van der Waals surface area (Å²) in [5, 5.41) is 37.8. The second-order valence-electron chi connectivity index (χ2n) is 18.3. The number of fused-ring (bicyclic) bond motifs is 1. The number of nitrogens with one attached hydrogen (secondary N) is 6. The van der Waals surface area contributed by atoms with E-state index in [2.05, 4.69) is 31.9 Å². The van der Waals surface area contributed by atoms with Gasteiger partial charge in [0, 0.05) is 31.3 Å². The van der Waals surface area contributed by atoms with Crippen LogP contribution in [0.4, 0.5) is 17.1 Å². The van der Waals surface area contributed by atoms with Crippen molar-refractivity contribution in [3.05, 3.63) is 120 Å². The van der Waals surface area contributed by atoms with Gasteiger partial charge in [0.25, 0.3) is 5.91 Å². The van der Waals surface area contributed by atoms with E-state index in [1.165, 1.54) is 20.8 Å².